The van der Waals surface area contributed by atoms with E-state index in [4.69, 9.17) is 0 Å². The molecule has 0 saturated heterocycles. The quantitative estimate of drug-likeness (QED) is 0.283. The Morgan fingerprint density at radius 1 is 1.29 bits per heavy atom. The number of esters is 1. The summed E-state index contributed by atoms with van der Waals surface area (Å²) < 4.78 is 6.45. The van der Waals surface area contributed by atoms with Gasteiger partial charge in [0.15, 0.2) is 11.5 Å². The molecule has 3 rings (SSSR count). The number of carbonyl (C=O) groups is 2. The molecule has 0 fully saturated rings. The number of allylic oxidation sites excluding steroid dienone is 1. The number of aromatic nitrogens is 4. The van der Waals surface area contributed by atoms with Gasteiger partial charge in [-0.25, -0.2) is 9.78 Å². The first-order valence-corrected chi connectivity index (χ1v) is 8.38. The van der Waals surface area contributed by atoms with Crippen LogP contribution in [0.5, 0.6) is 0 Å². The maximum absolute atomic E-state index is 12.5. The van der Waals surface area contributed by atoms with Crippen LogP contribution in [0.15, 0.2) is 61.1 Å². The van der Waals surface area contributed by atoms with E-state index in [0.29, 0.717) is 17.8 Å². The normalized spacial score (nSPS) is 11.7. The first-order chi connectivity index (χ1) is 13.6. The van der Waals surface area contributed by atoms with Crippen LogP contribution >= 0.6 is 0 Å². The molecule has 0 atom stereocenters. The number of benzene rings is 1. The lowest BCUT2D eigenvalue weighted by molar-refractivity contribution is -0.134. The molecule has 8 nitrogen and oxygen atoms in total. The Morgan fingerprint density at radius 3 is 2.75 bits per heavy atom. The van der Waals surface area contributed by atoms with Crippen molar-refractivity contribution >= 4 is 23.6 Å². The topological polar surface area (TPSA) is 110 Å². The zero-order valence-electron chi connectivity index (χ0n) is 15.1. The molecule has 2 heterocycles. The van der Waals surface area contributed by atoms with E-state index in [1.165, 1.54) is 19.5 Å². The highest BCUT2D eigenvalue weighted by molar-refractivity contribution is 6.07. The average Bonchev–Trinajstić information content (AvgIpc) is 3.37. The number of nitrogens with zero attached hydrogens (tertiary/aromatic N) is 3. The van der Waals surface area contributed by atoms with Crippen LogP contribution in [0.4, 0.5) is 0 Å². The Morgan fingerprint density at radius 2 is 2.07 bits per heavy atom. The monoisotopic (exact) mass is 378 g/mol. The largest absolute Gasteiger partial charge is 0.504 e. The van der Waals surface area contributed by atoms with Crippen molar-refractivity contribution in [3.63, 3.8) is 0 Å². The number of aliphatic hydroxyl groups is 1. The average molecular weight is 378 g/mol. The standard InChI is InChI=1S/C20H18N4O4/c1-28-19(27)8-7-16-9-15(12-24(16)11-14-5-3-2-4-6-14)17(25)10-18(26)20-21-13-22-23-20/h2-10,12-13,26H,11H2,1H3,(H,21,22,23). The summed E-state index contributed by atoms with van der Waals surface area (Å²) in [6, 6.07) is 11.3. The van der Waals surface area contributed by atoms with Gasteiger partial charge < -0.3 is 14.4 Å². The maximum Gasteiger partial charge on any atom is 0.330 e. The summed E-state index contributed by atoms with van der Waals surface area (Å²) in [4.78, 5) is 27.8. The number of ketones is 1. The van der Waals surface area contributed by atoms with Crippen molar-refractivity contribution in [3.8, 4) is 0 Å². The van der Waals surface area contributed by atoms with Gasteiger partial charge in [-0.2, -0.15) is 5.10 Å². The minimum atomic E-state index is -0.498. The lowest BCUT2D eigenvalue weighted by atomic mass is 10.2. The van der Waals surface area contributed by atoms with E-state index in [-0.39, 0.29) is 11.6 Å². The zero-order chi connectivity index (χ0) is 19.9. The Bertz CT molecular complexity index is 1020. The number of rotatable bonds is 7. The minimum Gasteiger partial charge on any atom is -0.504 e. The summed E-state index contributed by atoms with van der Waals surface area (Å²) in [5, 5.41) is 16.2. The van der Waals surface area contributed by atoms with Crippen LogP contribution in [-0.4, -0.2) is 43.7 Å². The molecule has 1 aromatic carbocycles. The van der Waals surface area contributed by atoms with Gasteiger partial charge >= 0.3 is 5.97 Å². The van der Waals surface area contributed by atoms with Crippen molar-refractivity contribution in [2.24, 2.45) is 0 Å². The van der Waals surface area contributed by atoms with Crippen LogP contribution in [0.25, 0.3) is 11.8 Å². The van der Waals surface area contributed by atoms with Crippen molar-refractivity contribution in [1.82, 2.24) is 19.7 Å². The first-order valence-electron chi connectivity index (χ1n) is 8.38. The Labute approximate surface area is 160 Å². The molecule has 2 aromatic heterocycles. The molecular weight excluding hydrogens is 360 g/mol. The first kappa shape index (κ1) is 18.8. The Balaban J connectivity index is 1.91. The number of aromatic amines is 1. The summed E-state index contributed by atoms with van der Waals surface area (Å²) >= 11 is 0. The van der Waals surface area contributed by atoms with Crippen molar-refractivity contribution in [2.75, 3.05) is 7.11 Å². The predicted molar refractivity (Wildman–Crippen MR) is 102 cm³/mol. The molecule has 0 spiro atoms. The summed E-state index contributed by atoms with van der Waals surface area (Å²) in [6.45, 7) is 0.506. The number of methoxy groups -OCH3 is 1. The molecule has 28 heavy (non-hydrogen) atoms. The third-order valence-electron chi connectivity index (χ3n) is 3.91. The number of carbonyl (C=O) groups excluding carboxylic acids is 2. The summed E-state index contributed by atoms with van der Waals surface area (Å²) in [7, 11) is 1.29. The molecule has 3 aromatic rings. The van der Waals surface area contributed by atoms with Gasteiger partial charge in [0, 0.05) is 36.2 Å². The predicted octanol–water partition coefficient (Wildman–Crippen LogP) is 2.62. The van der Waals surface area contributed by atoms with E-state index in [2.05, 4.69) is 19.9 Å². The lowest BCUT2D eigenvalue weighted by Gasteiger charge is -2.06. The second-order valence-corrected chi connectivity index (χ2v) is 5.84. The van der Waals surface area contributed by atoms with Crippen LogP contribution in [0.1, 0.15) is 27.4 Å². The number of ether oxygens (including phenoxy) is 1. The number of nitrogens with one attached hydrogen (secondary N) is 1. The third-order valence-corrected chi connectivity index (χ3v) is 3.91. The fourth-order valence-electron chi connectivity index (χ4n) is 2.54. The van der Waals surface area contributed by atoms with E-state index in [1.807, 2.05) is 34.9 Å². The van der Waals surface area contributed by atoms with E-state index in [9.17, 15) is 14.7 Å². The van der Waals surface area contributed by atoms with Gasteiger partial charge in [-0.3, -0.25) is 9.89 Å². The van der Waals surface area contributed by atoms with Crippen LogP contribution in [0.2, 0.25) is 0 Å². The van der Waals surface area contributed by atoms with E-state index < -0.39 is 11.8 Å². The molecular formula is C20H18N4O4. The molecule has 8 heteroatoms. The smallest absolute Gasteiger partial charge is 0.330 e. The molecule has 142 valence electrons. The molecule has 0 aliphatic carbocycles. The van der Waals surface area contributed by atoms with E-state index in [1.54, 1.807) is 18.3 Å². The molecule has 0 aliphatic rings. The van der Waals surface area contributed by atoms with Crippen LogP contribution in [0, 0.1) is 0 Å². The molecule has 0 amide bonds. The van der Waals surface area contributed by atoms with Crippen molar-refractivity contribution in [1.29, 1.82) is 0 Å². The number of hydrogen-bond acceptors (Lipinski definition) is 6. The number of H-pyrrole nitrogens is 1. The highest BCUT2D eigenvalue weighted by atomic mass is 16.5. The van der Waals surface area contributed by atoms with Gasteiger partial charge in [-0.05, 0) is 17.7 Å². The van der Waals surface area contributed by atoms with Crippen LogP contribution in [-0.2, 0) is 16.1 Å². The Kier molecular flexibility index (Phi) is 5.81. The zero-order valence-corrected chi connectivity index (χ0v) is 15.1. The van der Waals surface area contributed by atoms with Crippen LogP contribution in [0.3, 0.4) is 0 Å². The van der Waals surface area contributed by atoms with Gasteiger partial charge in [-0.1, -0.05) is 30.3 Å². The summed E-state index contributed by atoms with van der Waals surface area (Å²) in [5.41, 5.74) is 2.02. The SMILES string of the molecule is COC(=O)C=Cc1cc(C(=O)C=C(O)c2nc[nH]n2)cn1Cc1ccccc1. The van der Waals surface area contributed by atoms with Crippen molar-refractivity contribution in [2.45, 2.75) is 6.54 Å². The highest BCUT2D eigenvalue weighted by Gasteiger charge is 2.13. The lowest BCUT2D eigenvalue weighted by Crippen LogP contribution is -2.01. The molecule has 0 aliphatic heterocycles. The maximum atomic E-state index is 12.5. The number of hydrogen-bond donors (Lipinski definition) is 2. The Hall–Kier alpha value is -3.94. The van der Waals surface area contributed by atoms with E-state index >= 15 is 0 Å². The van der Waals surface area contributed by atoms with Crippen molar-refractivity contribution in [3.05, 3.63) is 83.7 Å². The molecule has 0 bridgehead atoms. The van der Waals surface area contributed by atoms with Gasteiger partial charge in [0.2, 0.25) is 5.82 Å². The summed E-state index contributed by atoms with van der Waals surface area (Å²) in [5.74, 6) is -1.22. The minimum absolute atomic E-state index is 0.0304. The highest BCUT2D eigenvalue weighted by Crippen LogP contribution is 2.16. The summed E-state index contributed by atoms with van der Waals surface area (Å²) in [6.07, 6.45) is 6.87. The van der Waals surface area contributed by atoms with Gasteiger partial charge in [0.1, 0.15) is 6.33 Å². The molecule has 2 N–H and O–H groups in total. The van der Waals surface area contributed by atoms with Crippen molar-refractivity contribution < 1.29 is 19.4 Å². The van der Waals surface area contributed by atoms with E-state index in [0.717, 1.165) is 11.6 Å². The molecule has 0 saturated carbocycles. The van der Waals surface area contributed by atoms with Gasteiger partial charge in [0.05, 0.1) is 7.11 Å². The number of aliphatic hydroxyl groups excluding tert-OH is 1. The fraction of sp³-hybridized carbons (Fsp3) is 0.100. The second kappa shape index (κ2) is 8.63. The molecule has 0 radical (unpaired) electrons. The fourth-order valence-corrected chi connectivity index (χ4v) is 2.54. The molecule has 0 unspecified atom stereocenters. The van der Waals surface area contributed by atoms with Crippen LogP contribution < -0.4 is 0 Å². The van der Waals surface area contributed by atoms with Gasteiger partial charge in [0.25, 0.3) is 0 Å². The third kappa shape index (κ3) is 4.61. The second-order valence-electron chi connectivity index (χ2n) is 5.84. The van der Waals surface area contributed by atoms with Gasteiger partial charge in [-0.15, -0.1) is 0 Å².